The van der Waals surface area contributed by atoms with Gasteiger partial charge in [0.25, 0.3) is 0 Å². The highest BCUT2D eigenvalue weighted by Gasteiger charge is 1.61. The number of alkyl halides is 1. The summed E-state index contributed by atoms with van der Waals surface area (Å²) in [6.45, 7) is -5.06. The van der Waals surface area contributed by atoms with Crippen LogP contribution in [0.15, 0.2) is 0 Å². The van der Waals surface area contributed by atoms with Gasteiger partial charge in [-0.1, -0.05) is 6.88 Å². The lowest BCUT2D eigenvalue weighted by Crippen LogP contribution is -1.59. The molecule has 0 N–H and O–H groups in total. The lowest BCUT2D eigenvalue weighted by Gasteiger charge is -1.64. The van der Waals surface area contributed by atoms with Crippen LogP contribution in [-0.4, -0.2) is 6.63 Å². The molecule has 0 saturated carbocycles. The zero-order valence-corrected chi connectivity index (χ0v) is 1.88. The minimum atomic E-state index is -3.66. The van der Waals surface area contributed by atoms with E-state index in [2.05, 4.69) is 0 Å². The highest BCUT2D eigenvalue weighted by Crippen LogP contribution is 1.68. The van der Waals surface area contributed by atoms with Crippen LogP contribution in [0.1, 0.15) is 14.6 Å². The topological polar surface area (TPSA) is 0 Å². The van der Waals surface area contributed by atoms with Crippen molar-refractivity contribution in [2.45, 2.75) is 6.37 Å². The first-order valence-corrected chi connectivity index (χ1v) is 0.689. The summed E-state index contributed by atoms with van der Waals surface area (Å²) in [6, 6.07) is 0. The van der Waals surface area contributed by atoms with Crippen molar-refractivity contribution < 1.29 is 12.6 Å². The fourth-order valence-corrected chi connectivity index (χ4v) is 0. The Kier molecular flexibility index (Phi) is 0.310. The third-order valence-corrected chi connectivity index (χ3v) is 0.0472. The first-order chi connectivity index (χ1) is 4.19. The molecule has 0 heterocycles. The number of hydrogen-bond acceptors (Lipinski definition) is 0. The van der Waals surface area contributed by atoms with E-state index in [0.717, 1.165) is 0 Å². The van der Waals surface area contributed by atoms with Gasteiger partial charge in [0, 0.05) is 5.48 Å². The Labute approximate surface area is 34.1 Å². The molecule has 25 valence electrons. The van der Waals surface area contributed by atoms with Crippen LogP contribution in [0, 0.1) is 6.88 Å². The Morgan fingerprint density at radius 3 is 3.25 bits per heavy atom. The van der Waals surface area contributed by atoms with E-state index in [1.54, 1.807) is 0 Å². The van der Waals surface area contributed by atoms with E-state index in [-0.39, 0.29) is 0 Å². The molecule has 0 amide bonds. The third kappa shape index (κ3) is 1.93. The Morgan fingerprint density at radius 2 is 3.25 bits per heavy atom. The number of hydrogen-bond donors (Lipinski definition) is 0. The van der Waals surface area contributed by atoms with Crippen molar-refractivity contribution in [3.8, 4) is 0 Å². The van der Waals surface area contributed by atoms with Crippen LogP contribution in [0.25, 0.3) is 0 Å². The summed E-state index contributed by atoms with van der Waals surface area (Å²) in [5.41, 5.74) is 0. The van der Waals surface area contributed by atoms with Crippen molar-refractivity contribution in [2.75, 3.05) is 6.63 Å². The molecule has 0 aromatic carbocycles. The molecule has 0 unspecified atom stereocenters. The van der Waals surface area contributed by atoms with Crippen molar-refractivity contribution in [1.82, 2.24) is 0 Å². The van der Waals surface area contributed by atoms with Gasteiger partial charge < -0.3 is 0 Å². The molecule has 0 aromatic heterocycles. The van der Waals surface area contributed by atoms with Gasteiger partial charge in [0.15, 0.2) is 0 Å². The SMILES string of the molecule is [2H][C]([2H])C([2H])([2H])C([2H])([2H])F. The monoisotopic (exact) mass is 67.1 g/mol. The molecule has 0 spiro atoms. The molecule has 0 aliphatic carbocycles. The standard InChI is InChI=1S/C3H6F/c1-2-3-4/h1-3H2/i1D2,2D2,3D2. The first-order valence-electron chi connectivity index (χ1n) is 3.69. The quantitative estimate of drug-likeness (QED) is 0.455. The van der Waals surface area contributed by atoms with Crippen LogP contribution in [-0.2, 0) is 0 Å². The Bertz CT molecular complexity index is 115. The van der Waals surface area contributed by atoms with E-state index in [1.807, 2.05) is 0 Å². The maximum absolute atomic E-state index is 12.1. The van der Waals surface area contributed by atoms with Gasteiger partial charge in [-0.05, 0) is 6.37 Å². The average Bonchev–Trinajstić information content (AvgIpc) is 1.62. The number of halogens is 1. The van der Waals surface area contributed by atoms with Crippen molar-refractivity contribution in [1.29, 1.82) is 0 Å². The highest BCUT2D eigenvalue weighted by molar-refractivity contribution is 4.29. The highest BCUT2D eigenvalue weighted by atomic mass is 19.1. The Morgan fingerprint density at radius 1 is 2.50 bits per heavy atom. The fourth-order valence-electron chi connectivity index (χ4n) is 0. The van der Waals surface area contributed by atoms with Gasteiger partial charge in [-0.3, -0.25) is 4.39 Å². The van der Waals surface area contributed by atoms with E-state index in [0.29, 0.717) is 0 Å². The zero-order valence-electron chi connectivity index (χ0n) is 7.88. The smallest absolute Gasteiger partial charge is 0.0894 e. The molecular weight excluding hydrogens is 55.0 g/mol. The summed E-state index contributed by atoms with van der Waals surface area (Å²) in [6.07, 6.45) is -3.15. The van der Waals surface area contributed by atoms with E-state index in [4.69, 9.17) is 8.22 Å². The number of rotatable bonds is 2. The van der Waals surface area contributed by atoms with Crippen LogP contribution in [0.2, 0.25) is 0 Å². The van der Waals surface area contributed by atoms with Crippen molar-refractivity contribution in [3.63, 3.8) is 0 Å². The Hall–Kier alpha value is -0.0700. The molecule has 0 bridgehead atoms. The van der Waals surface area contributed by atoms with E-state index >= 15 is 0 Å². The van der Waals surface area contributed by atoms with Crippen LogP contribution >= 0.6 is 0 Å². The average molecular weight is 67.1 g/mol. The summed E-state index contributed by atoms with van der Waals surface area (Å²) in [5, 5.41) is 0. The largest absolute Gasteiger partial charge is 0.251 e. The zero-order chi connectivity index (χ0) is 8.58. The molecule has 0 aliphatic rings. The molecule has 0 nitrogen and oxygen atoms in total. The predicted octanol–water partition coefficient (Wildman–Crippen LogP) is 1.18. The summed E-state index contributed by atoms with van der Waals surface area (Å²) in [4.78, 5) is 0. The fraction of sp³-hybridized carbons (Fsp3) is 0.667. The van der Waals surface area contributed by atoms with E-state index < -0.39 is 19.9 Å². The maximum atomic E-state index is 12.1. The van der Waals surface area contributed by atoms with E-state index in [9.17, 15) is 4.39 Å². The van der Waals surface area contributed by atoms with E-state index in [1.165, 1.54) is 0 Å². The second-order valence-corrected chi connectivity index (χ2v) is 0.219. The van der Waals surface area contributed by atoms with Gasteiger partial charge in [-0.2, -0.15) is 0 Å². The third-order valence-electron chi connectivity index (χ3n) is 0.0472. The first kappa shape index (κ1) is 0.423. The van der Waals surface area contributed by atoms with Crippen LogP contribution < -0.4 is 0 Å². The molecule has 0 aliphatic heterocycles. The van der Waals surface area contributed by atoms with Crippen molar-refractivity contribution in [3.05, 3.63) is 6.88 Å². The van der Waals surface area contributed by atoms with Gasteiger partial charge in [-0.25, -0.2) is 0 Å². The molecule has 0 aromatic rings. The summed E-state index contributed by atoms with van der Waals surface area (Å²) in [5.74, 6) is 0. The van der Waals surface area contributed by atoms with Gasteiger partial charge in [-0.15, -0.1) is 0 Å². The Balaban J connectivity index is 4.40. The molecule has 4 heavy (non-hydrogen) atoms. The van der Waals surface area contributed by atoms with Gasteiger partial charge in [0.1, 0.15) is 0 Å². The molecule has 0 fully saturated rings. The summed E-state index contributed by atoms with van der Waals surface area (Å²) < 4.78 is 50.4. The summed E-state index contributed by atoms with van der Waals surface area (Å²) >= 11 is 0. The molecule has 0 atom stereocenters. The lowest BCUT2D eigenvalue weighted by molar-refractivity contribution is 0.500. The lowest BCUT2D eigenvalue weighted by atomic mass is 10.6. The van der Waals surface area contributed by atoms with Crippen LogP contribution in [0.5, 0.6) is 0 Å². The van der Waals surface area contributed by atoms with Crippen LogP contribution in [0.4, 0.5) is 4.39 Å². The normalized spacial score (nSPS) is 37.5. The predicted molar refractivity (Wildman–Crippen MR) is 15.9 cm³/mol. The van der Waals surface area contributed by atoms with Crippen molar-refractivity contribution in [2.24, 2.45) is 0 Å². The van der Waals surface area contributed by atoms with Gasteiger partial charge >= 0.3 is 0 Å². The van der Waals surface area contributed by atoms with Gasteiger partial charge in [0.2, 0.25) is 0 Å². The van der Waals surface area contributed by atoms with Crippen LogP contribution in [0.3, 0.4) is 0 Å². The maximum Gasteiger partial charge on any atom is 0.0894 e. The second-order valence-electron chi connectivity index (χ2n) is 0.219. The molecule has 1 heteroatoms. The molecule has 1 radical (unpaired) electrons. The van der Waals surface area contributed by atoms with Crippen molar-refractivity contribution >= 4 is 0 Å². The molecular formula is C3H6F. The minimum absolute atomic E-state index is 1.40. The summed E-state index contributed by atoms with van der Waals surface area (Å²) in [7, 11) is 0. The molecule has 0 saturated heterocycles. The second kappa shape index (κ2) is 2.93. The minimum Gasteiger partial charge on any atom is -0.251 e. The molecule has 0 rings (SSSR count). The van der Waals surface area contributed by atoms with Gasteiger partial charge in [0.05, 0.1) is 9.37 Å².